The molecule has 4 rings (SSSR count). The molecule has 1 aliphatic heterocycles. The standard InChI is InChI=1S/C23H17Cl3F3N3O3S/c1-2-30-17(33)10-31-21(34)20-13-6-4-3-5-12(13)19(36-20)16-9-22(35-32-16,23(27,28)29)11-7-14(24)18(26)15(25)8-11/h1,7-8H,3-6,9-10H2,(H,30,33)(H,31,34). The van der Waals surface area contributed by atoms with Gasteiger partial charge in [-0.05, 0) is 48.9 Å². The van der Waals surface area contributed by atoms with E-state index in [0.717, 1.165) is 47.4 Å². The summed E-state index contributed by atoms with van der Waals surface area (Å²) >= 11 is 19.0. The SMILES string of the molecule is C#CNC(=O)CNC(=O)c1sc(C2=NOC(c3cc(Cl)c(Cl)c(Cl)c3)(C(F)(F)F)C2)c2c1CCCC2. The van der Waals surface area contributed by atoms with Crippen molar-refractivity contribution in [2.24, 2.45) is 5.16 Å². The molecule has 0 saturated carbocycles. The number of carbonyl (C=O) groups is 2. The number of terminal acetylenes is 1. The number of oxime groups is 1. The molecule has 13 heteroatoms. The number of alkyl halides is 3. The summed E-state index contributed by atoms with van der Waals surface area (Å²) in [6, 6.07) is 4.09. The van der Waals surface area contributed by atoms with E-state index in [9.17, 15) is 22.8 Å². The van der Waals surface area contributed by atoms with Crippen LogP contribution in [0.15, 0.2) is 17.3 Å². The van der Waals surface area contributed by atoms with Gasteiger partial charge in [0.25, 0.3) is 17.4 Å². The Morgan fingerprint density at radius 1 is 1.17 bits per heavy atom. The molecule has 0 spiro atoms. The first kappa shape index (κ1) is 26.6. The highest BCUT2D eigenvalue weighted by atomic mass is 35.5. The number of carbonyl (C=O) groups excluding carboxylic acids is 2. The van der Waals surface area contributed by atoms with Crippen molar-refractivity contribution in [1.82, 2.24) is 10.6 Å². The Bertz CT molecular complexity index is 1300. The van der Waals surface area contributed by atoms with Crippen molar-refractivity contribution in [1.29, 1.82) is 0 Å². The minimum Gasteiger partial charge on any atom is -0.374 e. The lowest BCUT2D eigenvalue weighted by Gasteiger charge is -2.30. The zero-order chi connectivity index (χ0) is 26.3. The van der Waals surface area contributed by atoms with Gasteiger partial charge in [0, 0.05) is 11.6 Å². The van der Waals surface area contributed by atoms with Crippen molar-refractivity contribution in [2.75, 3.05) is 6.54 Å². The van der Waals surface area contributed by atoms with E-state index < -0.39 is 30.0 Å². The molecular weight excluding hydrogens is 562 g/mol. The monoisotopic (exact) mass is 577 g/mol. The second-order valence-electron chi connectivity index (χ2n) is 8.18. The second-order valence-corrected chi connectivity index (χ2v) is 10.4. The van der Waals surface area contributed by atoms with E-state index in [1.54, 1.807) is 0 Å². The van der Waals surface area contributed by atoms with Crippen LogP contribution in [0.1, 0.15) is 50.5 Å². The summed E-state index contributed by atoms with van der Waals surface area (Å²) in [5, 5.41) is 8.07. The average molecular weight is 579 g/mol. The number of benzene rings is 1. The minimum atomic E-state index is -4.87. The first-order valence-electron chi connectivity index (χ1n) is 10.6. The summed E-state index contributed by atoms with van der Waals surface area (Å²) in [7, 11) is 0. The van der Waals surface area contributed by atoms with Gasteiger partial charge in [0.15, 0.2) is 0 Å². The Hall–Kier alpha value is -2.45. The van der Waals surface area contributed by atoms with Crippen LogP contribution in [0.25, 0.3) is 0 Å². The number of rotatable bonds is 5. The van der Waals surface area contributed by atoms with Crippen molar-refractivity contribution in [3.8, 4) is 12.5 Å². The van der Waals surface area contributed by atoms with Crippen LogP contribution in [0.2, 0.25) is 15.1 Å². The van der Waals surface area contributed by atoms with E-state index in [4.69, 9.17) is 46.1 Å². The molecule has 2 amide bonds. The molecule has 2 aromatic rings. The van der Waals surface area contributed by atoms with E-state index in [1.807, 2.05) is 6.04 Å². The predicted molar refractivity (Wildman–Crippen MR) is 132 cm³/mol. The van der Waals surface area contributed by atoms with Crippen LogP contribution in [0.3, 0.4) is 0 Å². The average Bonchev–Trinajstić information content (AvgIpc) is 3.44. The molecule has 0 saturated heterocycles. The molecular formula is C23H17Cl3F3N3O3S. The lowest BCUT2D eigenvalue weighted by molar-refractivity contribution is -0.275. The third-order valence-electron chi connectivity index (χ3n) is 5.95. The lowest BCUT2D eigenvalue weighted by Crippen LogP contribution is -2.42. The fourth-order valence-electron chi connectivity index (χ4n) is 4.23. The van der Waals surface area contributed by atoms with Gasteiger partial charge in [-0.15, -0.1) is 11.3 Å². The zero-order valence-electron chi connectivity index (χ0n) is 18.3. The molecule has 1 unspecified atom stereocenters. The van der Waals surface area contributed by atoms with Crippen molar-refractivity contribution in [2.45, 2.75) is 43.9 Å². The number of nitrogens with one attached hydrogen (secondary N) is 2. The molecule has 2 heterocycles. The molecule has 6 nitrogen and oxygen atoms in total. The molecule has 1 aromatic carbocycles. The van der Waals surface area contributed by atoms with E-state index in [1.165, 1.54) is 0 Å². The van der Waals surface area contributed by atoms with Crippen LogP contribution < -0.4 is 10.6 Å². The van der Waals surface area contributed by atoms with Gasteiger partial charge in [-0.3, -0.25) is 14.9 Å². The van der Waals surface area contributed by atoms with E-state index in [2.05, 4.69) is 15.8 Å². The number of hydrogen-bond donors (Lipinski definition) is 2. The number of hydrogen-bond acceptors (Lipinski definition) is 5. The number of nitrogens with zero attached hydrogens (tertiary/aromatic N) is 1. The normalized spacial score (nSPS) is 19.1. The summed E-state index contributed by atoms with van der Waals surface area (Å²) in [6.07, 6.45) is 2.26. The van der Waals surface area contributed by atoms with E-state index in [0.29, 0.717) is 22.6 Å². The van der Waals surface area contributed by atoms with Gasteiger partial charge in [0.1, 0.15) is 5.71 Å². The maximum absolute atomic E-state index is 14.4. The third kappa shape index (κ3) is 4.77. The van der Waals surface area contributed by atoms with Crippen LogP contribution >= 0.6 is 46.1 Å². The summed E-state index contributed by atoms with van der Waals surface area (Å²) < 4.78 is 43.3. The van der Waals surface area contributed by atoms with Crippen molar-refractivity contribution >= 4 is 63.7 Å². The topological polar surface area (TPSA) is 79.8 Å². The first-order valence-corrected chi connectivity index (χ1v) is 12.6. The highest BCUT2D eigenvalue weighted by Crippen LogP contribution is 2.51. The van der Waals surface area contributed by atoms with Crippen LogP contribution in [-0.2, 0) is 28.1 Å². The number of halogens is 6. The van der Waals surface area contributed by atoms with Gasteiger partial charge in [-0.25, -0.2) is 0 Å². The van der Waals surface area contributed by atoms with Crippen molar-refractivity contribution in [3.05, 3.63) is 53.6 Å². The maximum Gasteiger partial charge on any atom is 0.435 e. The maximum atomic E-state index is 14.4. The quantitative estimate of drug-likeness (QED) is 0.275. The third-order valence-corrected chi connectivity index (χ3v) is 8.46. The highest BCUT2D eigenvalue weighted by Gasteiger charge is 2.62. The van der Waals surface area contributed by atoms with E-state index in [-0.39, 0.29) is 32.9 Å². The fourth-order valence-corrected chi connectivity index (χ4v) is 6.12. The molecule has 1 aliphatic carbocycles. The van der Waals surface area contributed by atoms with Gasteiger partial charge in [0.05, 0.1) is 37.8 Å². The highest BCUT2D eigenvalue weighted by molar-refractivity contribution is 7.16. The summed E-state index contributed by atoms with van der Waals surface area (Å²) in [5.74, 6) is -1.09. The van der Waals surface area contributed by atoms with Gasteiger partial charge < -0.3 is 10.2 Å². The Morgan fingerprint density at radius 3 is 2.42 bits per heavy atom. The second kappa shape index (κ2) is 10.1. The largest absolute Gasteiger partial charge is 0.435 e. The van der Waals surface area contributed by atoms with Crippen LogP contribution in [0.4, 0.5) is 13.2 Å². The fraction of sp³-hybridized carbons (Fsp3) is 0.348. The molecule has 1 aromatic heterocycles. The molecule has 1 atom stereocenters. The number of amides is 2. The van der Waals surface area contributed by atoms with Gasteiger partial charge in [-0.2, -0.15) is 13.2 Å². The smallest absolute Gasteiger partial charge is 0.374 e. The van der Waals surface area contributed by atoms with Gasteiger partial charge in [0.2, 0.25) is 0 Å². The first-order chi connectivity index (χ1) is 17.0. The molecule has 0 radical (unpaired) electrons. The minimum absolute atomic E-state index is 0.0572. The van der Waals surface area contributed by atoms with Crippen molar-refractivity contribution < 1.29 is 27.6 Å². The lowest BCUT2D eigenvalue weighted by atomic mass is 9.85. The zero-order valence-corrected chi connectivity index (χ0v) is 21.4. The van der Waals surface area contributed by atoms with Crippen LogP contribution in [0, 0.1) is 12.5 Å². The summed E-state index contributed by atoms with van der Waals surface area (Å²) in [5.41, 5.74) is -1.61. The molecule has 0 bridgehead atoms. The Labute approximate surface area is 223 Å². The molecule has 0 fully saturated rings. The molecule has 2 aliphatic rings. The number of fused-ring (bicyclic) bond motifs is 1. The number of thiophene rings is 1. The summed E-state index contributed by atoms with van der Waals surface area (Å²) in [6.45, 7) is -0.343. The van der Waals surface area contributed by atoms with Gasteiger partial charge in [-0.1, -0.05) is 46.4 Å². The Morgan fingerprint density at radius 2 is 1.81 bits per heavy atom. The molecule has 2 N–H and O–H groups in total. The van der Waals surface area contributed by atoms with Gasteiger partial charge >= 0.3 is 6.18 Å². The molecule has 190 valence electrons. The molecule has 36 heavy (non-hydrogen) atoms. The van der Waals surface area contributed by atoms with Crippen LogP contribution in [0.5, 0.6) is 0 Å². The summed E-state index contributed by atoms with van der Waals surface area (Å²) in [4.78, 5) is 30.3. The van der Waals surface area contributed by atoms with Crippen LogP contribution in [-0.4, -0.2) is 30.2 Å². The Kier molecular flexibility index (Phi) is 7.49. The van der Waals surface area contributed by atoms with Crippen molar-refractivity contribution in [3.63, 3.8) is 0 Å². The predicted octanol–water partition coefficient (Wildman–Crippen LogP) is 5.61. The van der Waals surface area contributed by atoms with E-state index >= 15 is 0 Å². The Balaban J connectivity index is 1.69.